The van der Waals surface area contributed by atoms with Gasteiger partial charge in [-0.3, -0.25) is 0 Å². The minimum absolute atomic E-state index is 1.03. The van der Waals surface area contributed by atoms with E-state index in [-0.39, 0.29) is 0 Å². The zero-order valence-corrected chi connectivity index (χ0v) is 13.1. The SMILES string of the molecule is CCCCN1CCNc2c1c1ccccc1c1ccccc21. The zero-order valence-electron chi connectivity index (χ0n) is 13.1. The number of hydrogen-bond acceptors (Lipinski definition) is 2. The molecule has 0 radical (unpaired) electrons. The fourth-order valence-electron chi connectivity index (χ4n) is 3.63. The van der Waals surface area contributed by atoms with E-state index in [9.17, 15) is 0 Å². The van der Waals surface area contributed by atoms with E-state index in [2.05, 4.69) is 65.7 Å². The van der Waals surface area contributed by atoms with Gasteiger partial charge in [-0.25, -0.2) is 0 Å². The number of nitrogens with one attached hydrogen (secondary N) is 1. The van der Waals surface area contributed by atoms with Gasteiger partial charge >= 0.3 is 0 Å². The molecule has 0 unspecified atom stereocenters. The highest BCUT2D eigenvalue weighted by Gasteiger charge is 2.21. The van der Waals surface area contributed by atoms with E-state index in [1.54, 1.807) is 0 Å². The third-order valence-corrected chi connectivity index (χ3v) is 4.69. The van der Waals surface area contributed by atoms with Crippen molar-refractivity contribution in [2.24, 2.45) is 0 Å². The Kier molecular flexibility index (Phi) is 3.38. The summed E-state index contributed by atoms with van der Waals surface area (Å²) >= 11 is 0. The van der Waals surface area contributed by atoms with Gasteiger partial charge in [0.05, 0.1) is 11.4 Å². The van der Waals surface area contributed by atoms with Crippen LogP contribution in [0.15, 0.2) is 48.5 Å². The molecule has 2 nitrogen and oxygen atoms in total. The maximum atomic E-state index is 3.66. The molecule has 0 saturated heterocycles. The summed E-state index contributed by atoms with van der Waals surface area (Å²) in [4.78, 5) is 2.57. The Balaban J connectivity index is 2.05. The molecule has 1 aliphatic heterocycles. The van der Waals surface area contributed by atoms with Gasteiger partial charge in [0.25, 0.3) is 0 Å². The molecule has 3 aromatic rings. The van der Waals surface area contributed by atoms with E-state index < -0.39 is 0 Å². The first-order chi connectivity index (χ1) is 10.9. The van der Waals surface area contributed by atoms with Gasteiger partial charge in [0.1, 0.15) is 0 Å². The predicted molar refractivity (Wildman–Crippen MR) is 97.1 cm³/mol. The molecule has 112 valence electrons. The molecule has 0 atom stereocenters. The van der Waals surface area contributed by atoms with Crippen molar-refractivity contribution in [1.29, 1.82) is 0 Å². The van der Waals surface area contributed by atoms with Gasteiger partial charge in [-0.05, 0) is 17.2 Å². The van der Waals surface area contributed by atoms with Gasteiger partial charge in [0.2, 0.25) is 0 Å². The second kappa shape index (κ2) is 5.53. The summed E-state index contributed by atoms with van der Waals surface area (Å²) in [6.07, 6.45) is 2.49. The van der Waals surface area contributed by atoms with E-state index in [4.69, 9.17) is 0 Å². The standard InChI is InChI=1S/C20H22N2/c1-2-3-13-22-14-12-21-19-17-10-6-4-8-15(17)16-9-5-7-11-18(16)20(19)22/h4-11,21H,2-3,12-14H2,1H3. The number of fused-ring (bicyclic) bond motifs is 6. The van der Waals surface area contributed by atoms with Crippen molar-refractivity contribution in [3.63, 3.8) is 0 Å². The van der Waals surface area contributed by atoms with Crippen molar-refractivity contribution in [1.82, 2.24) is 0 Å². The monoisotopic (exact) mass is 290 g/mol. The molecular formula is C20H22N2. The van der Waals surface area contributed by atoms with Crippen molar-refractivity contribution >= 4 is 32.9 Å². The van der Waals surface area contributed by atoms with E-state index >= 15 is 0 Å². The van der Waals surface area contributed by atoms with Crippen LogP contribution in [0.3, 0.4) is 0 Å². The largest absolute Gasteiger partial charge is 0.381 e. The Labute approximate surface area is 131 Å². The van der Waals surface area contributed by atoms with Crippen LogP contribution in [-0.4, -0.2) is 19.6 Å². The second-order valence-corrected chi connectivity index (χ2v) is 6.08. The van der Waals surface area contributed by atoms with Gasteiger partial charge in [-0.1, -0.05) is 61.9 Å². The number of nitrogens with zero attached hydrogens (tertiary/aromatic N) is 1. The highest BCUT2D eigenvalue weighted by Crippen LogP contribution is 2.43. The maximum Gasteiger partial charge on any atom is 0.0688 e. The van der Waals surface area contributed by atoms with E-state index in [0.717, 1.165) is 19.6 Å². The fourth-order valence-corrected chi connectivity index (χ4v) is 3.63. The lowest BCUT2D eigenvalue weighted by atomic mass is 9.96. The molecule has 4 rings (SSSR count). The summed E-state index contributed by atoms with van der Waals surface area (Å²) in [7, 11) is 0. The number of rotatable bonds is 3. The molecule has 0 amide bonds. The van der Waals surface area contributed by atoms with Crippen molar-refractivity contribution in [2.75, 3.05) is 29.9 Å². The van der Waals surface area contributed by atoms with Crippen molar-refractivity contribution in [3.05, 3.63) is 48.5 Å². The Morgan fingerprint density at radius 1 is 0.909 bits per heavy atom. The van der Waals surface area contributed by atoms with Crippen molar-refractivity contribution in [3.8, 4) is 0 Å². The lowest BCUT2D eigenvalue weighted by molar-refractivity contribution is 0.716. The summed E-state index contributed by atoms with van der Waals surface area (Å²) in [5, 5.41) is 9.09. The lowest BCUT2D eigenvalue weighted by Gasteiger charge is -2.34. The first kappa shape index (κ1) is 13.4. The van der Waals surface area contributed by atoms with Crippen molar-refractivity contribution in [2.45, 2.75) is 19.8 Å². The van der Waals surface area contributed by atoms with Crippen LogP contribution in [0, 0.1) is 0 Å². The Bertz CT molecular complexity index is 822. The molecule has 3 aromatic carbocycles. The highest BCUT2D eigenvalue weighted by molar-refractivity contribution is 6.20. The van der Waals surface area contributed by atoms with E-state index in [1.165, 1.54) is 45.8 Å². The molecular weight excluding hydrogens is 268 g/mol. The number of anilines is 2. The molecule has 1 heterocycles. The molecule has 1 aliphatic rings. The second-order valence-electron chi connectivity index (χ2n) is 6.08. The molecule has 0 bridgehead atoms. The quantitative estimate of drug-likeness (QED) is 0.681. The van der Waals surface area contributed by atoms with E-state index in [0.29, 0.717) is 0 Å². The summed E-state index contributed by atoms with van der Waals surface area (Å²) in [5.41, 5.74) is 2.71. The van der Waals surface area contributed by atoms with Gasteiger partial charge in [-0.2, -0.15) is 0 Å². The first-order valence-electron chi connectivity index (χ1n) is 8.32. The number of unbranched alkanes of at least 4 members (excludes halogenated alkanes) is 1. The van der Waals surface area contributed by atoms with Crippen LogP contribution >= 0.6 is 0 Å². The third kappa shape index (κ3) is 2.02. The summed E-state index contributed by atoms with van der Waals surface area (Å²) in [6.45, 7) is 5.53. The minimum atomic E-state index is 1.03. The molecule has 2 heteroatoms. The Hall–Kier alpha value is -2.22. The summed E-state index contributed by atoms with van der Waals surface area (Å²) in [6, 6.07) is 17.6. The van der Waals surface area contributed by atoms with Crippen molar-refractivity contribution < 1.29 is 0 Å². The van der Waals surface area contributed by atoms with Crippen LogP contribution in [0.25, 0.3) is 21.5 Å². The summed E-state index contributed by atoms with van der Waals surface area (Å²) in [5.74, 6) is 0. The molecule has 22 heavy (non-hydrogen) atoms. The lowest BCUT2D eigenvalue weighted by Crippen LogP contribution is -2.35. The average molecular weight is 290 g/mol. The highest BCUT2D eigenvalue weighted by atomic mass is 15.2. The molecule has 0 aromatic heterocycles. The first-order valence-corrected chi connectivity index (χ1v) is 8.32. The minimum Gasteiger partial charge on any atom is -0.381 e. The molecule has 0 fully saturated rings. The maximum absolute atomic E-state index is 3.66. The van der Waals surface area contributed by atoms with Crippen LogP contribution in [-0.2, 0) is 0 Å². The average Bonchev–Trinajstić information content (AvgIpc) is 2.60. The van der Waals surface area contributed by atoms with Crippen LogP contribution in [0.5, 0.6) is 0 Å². The number of hydrogen-bond donors (Lipinski definition) is 1. The van der Waals surface area contributed by atoms with Crippen LogP contribution in [0.1, 0.15) is 19.8 Å². The van der Waals surface area contributed by atoms with Gasteiger partial charge < -0.3 is 10.2 Å². The smallest absolute Gasteiger partial charge is 0.0688 e. The zero-order chi connectivity index (χ0) is 14.9. The van der Waals surface area contributed by atoms with Crippen LogP contribution in [0.4, 0.5) is 11.4 Å². The van der Waals surface area contributed by atoms with Crippen LogP contribution < -0.4 is 10.2 Å². The molecule has 0 aliphatic carbocycles. The Morgan fingerprint density at radius 2 is 1.55 bits per heavy atom. The molecule has 0 spiro atoms. The third-order valence-electron chi connectivity index (χ3n) is 4.69. The van der Waals surface area contributed by atoms with Crippen LogP contribution in [0.2, 0.25) is 0 Å². The predicted octanol–water partition coefficient (Wildman–Crippen LogP) is 5.03. The number of benzene rings is 3. The summed E-state index contributed by atoms with van der Waals surface area (Å²) < 4.78 is 0. The van der Waals surface area contributed by atoms with Gasteiger partial charge in [0.15, 0.2) is 0 Å². The van der Waals surface area contributed by atoms with E-state index in [1.807, 2.05) is 0 Å². The van der Waals surface area contributed by atoms with Gasteiger partial charge in [-0.15, -0.1) is 0 Å². The molecule has 0 saturated carbocycles. The molecule has 1 N–H and O–H groups in total. The fraction of sp³-hybridized carbons (Fsp3) is 0.300. The normalized spacial score (nSPS) is 14.1. The topological polar surface area (TPSA) is 15.3 Å². The van der Waals surface area contributed by atoms with Gasteiger partial charge in [0, 0.05) is 30.4 Å². The Morgan fingerprint density at radius 3 is 2.27 bits per heavy atom.